The molecule has 1 aliphatic heterocycles. The van der Waals surface area contributed by atoms with Crippen molar-refractivity contribution in [2.45, 2.75) is 32.6 Å². The van der Waals surface area contributed by atoms with E-state index >= 15 is 0 Å². The average Bonchev–Trinajstić information content (AvgIpc) is 2.61. The van der Waals surface area contributed by atoms with Gasteiger partial charge in [0.2, 0.25) is 0 Å². The van der Waals surface area contributed by atoms with E-state index in [-0.39, 0.29) is 23.6 Å². The number of para-hydroxylation sites is 1. The Morgan fingerprint density at radius 2 is 1.72 bits per heavy atom. The second kappa shape index (κ2) is 9.21. The number of benzene rings is 2. The Morgan fingerprint density at radius 3 is 2.44 bits per heavy atom. The van der Waals surface area contributed by atoms with Gasteiger partial charge in [0.15, 0.2) is 0 Å². The summed E-state index contributed by atoms with van der Waals surface area (Å²) >= 11 is 0. The smallest absolute Gasteiger partial charge is 0.126 e. The summed E-state index contributed by atoms with van der Waals surface area (Å²) in [5.74, 6) is 0.864. The Hall–Kier alpha value is -1.58. The van der Waals surface area contributed by atoms with Gasteiger partial charge >= 0.3 is 0 Å². The Balaban J connectivity index is 0.00000225. The molecule has 1 aliphatic rings. The minimum atomic E-state index is -0.0959. The number of rotatable bonds is 6. The highest BCUT2D eigenvalue weighted by Gasteiger charge is 2.33. The highest BCUT2D eigenvalue weighted by molar-refractivity contribution is 5.85. The Bertz CT molecular complexity index is 619. The largest absolute Gasteiger partial charge is 0.493 e. The highest BCUT2D eigenvalue weighted by atomic mass is 35.5. The third kappa shape index (κ3) is 5.20. The molecule has 3 rings (SSSR count). The van der Waals surface area contributed by atoms with Crippen molar-refractivity contribution in [2.24, 2.45) is 5.41 Å². The first-order valence-electron chi connectivity index (χ1n) is 8.81. The summed E-state index contributed by atoms with van der Waals surface area (Å²) in [7, 11) is 0. The van der Waals surface area contributed by atoms with E-state index in [4.69, 9.17) is 4.74 Å². The number of nitrogens with one attached hydrogen (secondary N) is 1. The summed E-state index contributed by atoms with van der Waals surface area (Å²) in [6.07, 6.45) is 3.88. The zero-order valence-electron chi connectivity index (χ0n) is 14.8. The maximum Gasteiger partial charge on any atom is 0.126 e. The van der Waals surface area contributed by atoms with E-state index in [1.807, 2.05) is 30.3 Å². The van der Waals surface area contributed by atoms with E-state index in [0.717, 1.165) is 55.6 Å². The molecule has 25 heavy (non-hydrogen) atoms. The van der Waals surface area contributed by atoms with Gasteiger partial charge in [0.25, 0.3) is 0 Å². The number of aryl methyl sites for hydroxylation is 2. The molecule has 0 amide bonds. The number of hydrogen-bond donors (Lipinski definition) is 1. The van der Waals surface area contributed by atoms with Crippen LogP contribution in [0, 0.1) is 18.2 Å². The van der Waals surface area contributed by atoms with Gasteiger partial charge in [-0.2, -0.15) is 0 Å². The fourth-order valence-corrected chi connectivity index (χ4v) is 3.47. The summed E-state index contributed by atoms with van der Waals surface area (Å²) in [5.41, 5.74) is 2.09. The number of ether oxygens (including phenoxy) is 1. The molecule has 0 aliphatic carbocycles. The van der Waals surface area contributed by atoms with Crippen molar-refractivity contribution in [3.8, 4) is 5.75 Å². The van der Waals surface area contributed by atoms with Crippen LogP contribution in [-0.4, -0.2) is 19.7 Å². The Kier molecular flexibility index (Phi) is 7.27. The van der Waals surface area contributed by atoms with E-state index in [1.165, 1.54) is 0 Å². The summed E-state index contributed by atoms with van der Waals surface area (Å²) in [4.78, 5) is 0. The maximum atomic E-state index is 13.9. The molecule has 2 nitrogen and oxygen atoms in total. The van der Waals surface area contributed by atoms with Crippen molar-refractivity contribution in [2.75, 3.05) is 19.7 Å². The van der Waals surface area contributed by atoms with Crippen LogP contribution in [0.15, 0.2) is 48.5 Å². The topological polar surface area (TPSA) is 21.3 Å². The number of piperidine rings is 1. The van der Waals surface area contributed by atoms with Crippen molar-refractivity contribution in [3.05, 3.63) is 65.5 Å². The lowest BCUT2D eigenvalue weighted by Gasteiger charge is -2.37. The number of halogens is 2. The fraction of sp³-hybridized carbons (Fsp3) is 0.429. The van der Waals surface area contributed by atoms with Crippen LogP contribution in [0.3, 0.4) is 0 Å². The quantitative estimate of drug-likeness (QED) is 0.785. The van der Waals surface area contributed by atoms with Crippen LogP contribution in [0.25, 0.3) is 0 Å². The molecule has 2 aromatic rings. The van der Waals surface area contributed by atoms with Crippen LogP contribution in [0.4, 0.5) is 4.39 Å². The van der Waals surface area contributed by atoms with Gasteiger partial charge in [-0.05, 0) is 69.0 Å². The molecule has 0 atom stereocenters. The van der Waals surface area contributed by atoms with Crippen LogP contribution in [-0.2, 0) is 6.42 Å². The molecule has 2 aromatic carbocycles. The van der Waals surface area contributed by atoms with Gasteiger partial charge in [-0.15, -0.1) is 12.4 Å². The lowest BCUT2D eigenvalue weighted by Crippen LogP contribution is -2.41. The van der Waals surface area contributed by atoms with Crippen molar-refractivity contribution in [3.63, 3.8) is 0 Å². The molecule has 1 N–H and O–H groups in total. The fourth-order valence-electron chi connectivity index (χ4n) is 3.47. The van der Waals surface area contributed by atoms with Crippen molar-refractivity contribution < 1.29 is 9.13 Å². The van der Waals surface area contributed by atoms with Gasteiger partial charge in [0, 0.05) is 5.41 Å². The van der Waals surface area contributed by atoms with E-state index in [9.17, 15) is 4.39 Å². The van der Waals surface area contributed by atoms with Gasteiger partial charge in [-0.3, -0.25) is 0 Å². The normalized spacial score (nSPS) is 16.1. The molecule has 0 radical (unpaired) electrons. The zero-order valence-corrected chi connectivity index (χ0v) is 15.6. The molecule has 1 fully saturated rings. The molecule has 136 valence electrons. The highest BCUT2D eigenvalue weighted by Crippen LogP contribution is 2.35. The molecule has 0 spiro atoms. The van der Waals surface area contributed by atoms with Crippen molar-refractivity contribution in [1.29, 1.82) is 0 Å². The first-order valence-corrected chi connectivity index (χ1v) is 8.81. The van der Waals surface area contributed by atoms with Crippen LogP contribution in [0.5, 0.6) is 5.75 Å². The summed E-state index contributed by atoms with van der Waals surface area (Å²) < 4.78 is 20.1. The van der Waals surface area contributed by atoms with Gasteiger partial charge in [0.05, 0.1) is 6.61 Å². The summed E-state index contributed by atoms with van der Waals surface area (Å²) in [5, 5.41) is 3.43. The first-order chi connectivity index (χ1) is 11.7. The van der Waals surface area contributed by atoms with Gasteiger partial charge in [0.1, 0.15) is 11.6 Å². The molecule has 0 aromatic heterocycles. The Morgan fingerprint density at radius 1 is 1.04 bits per heavy atom. The molecule has 4 heteroatoms. The predicted molar refractivity (Wildman–Crippen MR) is 103 cm³/mol. The first kappa shape index (κ1) is 19.7. The monoisotopic (exact) mass is 363 g/mol. The van der Waals surface area contributed by atoms with Gasteiger partial charge in [-0.25, -0.2) is 4.39 Å². The standard InChI is InChI=1S/C21H26FNO.ClH/c1-17-6-2-5-9-20(17)24-16-21(12-14-23-15-13-21)11-10-18-7-3-4-8-19(18)22;/h2-9,23H,10-16H2,1H3;1H. The van der Waals surface area contributed by atoms with Gasteiger partial charge in [-0.1, -0.05) is 36.4 Å². The van der Waals surface area contributed by atoms with Crippen LogP contribution in [0.1, 0.15) is 30.4 Å². The molecular weight excluding hydrogens is 337 g/mol. The molecular formula is C21H27ClFNO. The van der Waals surface area contributed by atoms with Crippen molar-refractivity contribution in [1.82, 2.24) is 5.32 Å². The Labute approximate surface area is 156 Å². The minimum Gasteiger partial charge on any atom is -0.493 e. The molecule has 0 saturated carbocycles. The molecule has 1 saturated heterocycles. The van der Waals surface area contributed by atoms with E-state index in [0.29, 0.717) is 6.61 Å². The number of hydrogen-bond acceptors (Lipinski definition) is 2. The summed E-state index contributed by atoms with van der Waals surface area (Å²) in [6.45, 7) is 4.79. The molecule has 0 bridgehead atoms. The van der Waals surface area contributed by atoms with E-state index in [1.54, 1.807) is 12.1 Å². The van der Waals surface area contributed by atoms with Crippen molar-refractivity contribution >= 4 is 12.4 Å². The molecule has 1 heterocycles. The summed E-state index contributed by atoms with van der Waals surface area (Å²) in [6, 6.07) is 15.3. The van der Waals surface area contributed by atoms with E-state index < -0.39 is 0 Å². The second-order valence-electron chi connectivity index (χ2n) is 6.90. The zero-order chi connectivity index (χ0) is 16.8. The van der Waals surface area contributed by atoms with Crippen LogP contribution < -0.4 is 10.1 Å². The molecule has 0 unspecified atom stereocenters. The average molecular weight is 364 g/mol. The third-order valence-corrected chi connectivity index (χ3v) is 5.17. The second-order valence-corrected chi connectivity index (χ2v) is 6.90. The van der Waals surface area contributed by atoms with E-state index in [2.05, 4.69) is 18.3 Å². The van der Waals surface area contributed by atoms with Gasteiger partial charge < -0.3 is 10.1 Å². The lowest BCUT2D eigenvalue weighted by molar-refractivity contribution is 0.0943. The maximum absolute atomic E-state index is 13.9. The lowest BCUT2D eigenvalue weighted by atomic mass is 9.75. The van der Waals surface area contributed by atoms with Crippen LogP contribution >= 0.6 is 12.4 Å². The third-order valence-electron chi connectivity index (χ3n) is 5.17. The van der Waals surface area contributed by atoms with Crippen LogP contribution in [0.2, 0.25) is 0 Å². The SMILES string of the molecule is Cc1ccccc1OCC1(CCc2ccccc2F)CCNCC1.Cl. The predicted octanol–water partition coefficient (Wildman–Crippen LogP) is 4.94. The minimum absolute atomic E-state index is 0.